The van der Waals surface area contributed by atoms with E-state index in [-0.39, 0.29) is 0 Å². The van der Waals surface area contributed by atoms with Crippen LogP contribution in [0.3, 0.4) is 0 Å². The molecule has 1 saturated heterocycles. The van der Waals surface area contributed by atoms with Gasteiger partial charge >= 0.3 is 0 Å². The van der Waals surface area contributed by atoms with E-state index in [1.807, 2.05) is 25.2 Å². The van der Waals surface area contributed by atoms with Gasteiger partial charge in [0.15, 0.2) is 0 Å². The molecule has 0 spiro atoms. The molecule has 1 N–H and O–H groups in total. The van der Waals surface area contributed by atoms with Gasteiger partial charge < -0.3 is 19.9 Å². The number of nitrogens with one attached hydrogen (secondary N) is 1. The number of rotatable bonds is 6. The molecule has 0 bridgehead atoms. The maximum atomic E-state index is 5.48. The largest absolute Gasteiger partial charge is 0.378 e. The van der Waals surface area contributed by atoms with E-state index in [0.717, 1.165) is 50.2 Å². The van der Waals surface area contributed by atoms with Crippen LogP contribution in [0.25, 0.3) is 0 Å². The average Bonchev–Trinajstić information content (AvgIpc) is 2.76. The summed E-state index contributed by atoms with van der Waals surface area (Å²) in [6, 6.07) is 20.7. The van der Waals surface area contributed by atoms with Crippen molar-refractivity contribution >= 4 is 23.0 Å². The van der Waals surface area contributed by atoms with Gasteiger partial charge in [-0.05, 0) is 17.7 Å². The maximum absolute atomic E-state index is 5.48. The van der Waals surface area contributed by atoms with Crippen LogP contribution in [0.15, 0.2) is 67.0 Å². The zero-order chi connectivity index (χ0) is 19.2. The lowest BCUT2D eigenvalue weighted by molar-refractivity contribution is 0.123. The normalized spacial score (nSPS) is 14.0. The first-order chi connectivity index (χ1) is 13.8. The Balaban J connectivity index is 1.51. The maximum Gasteiger partial charge on any atom is 0.135 e. The molecule has 1 aliphatic rings. The van der Waals surface area contributed by atoms with Gasteiger partial charge in [-0.15, -0.1) is 0 Å². The summed E-state index contributed by atoms with van der Waals surface area (Å²) in [6.45, 7) is 4.11. The fraction of sp³-hybridized carbons (Fsp3) is 0.273. The Kier molecular flexibility index (Phi) is 5.68. The first-order valence-electron chi connectivity index (χ1n) is 9.55. The Bertz CT molecular complexity index is 896. The zero-order valence-corrected chi connectivity index (χ0v) is 16.1. The molecule has 0 amide bonds. The molecule has 1 aliphatic heterocycles. The predicted octanol–water partition coefficient (Wildman–Crippen LogP) is 3.69. The van der Waals surface area contributed by atoms with E-state index in [1.165, 1.54) is 11.3 Å². The summed E-state index contributed by atoms with van der Waals surface area (Å²) < 4.78 is 5.48. The fourth-order valence-corrected chi connectivity index (χ4v) is 3.36. The van der Waals surface area contributed by atoms with E-state index in [4.69, 9.17) is 4.74 Å². The SMILES string of the molecule is CN(Cc1ccccc1)c1cc(Nc2ccccc2N2CCOCC2)ncn1. The molecule has 6 nitrogen and oxygen atoms in total. The first kappa shape index (κ1) is 18.3. The molecular formula is C22H25N5O. The number of nitrogens with zero attached hydrogens (tertiary/aromatic N) is 4. The van der Waals surface area contributed by atoms with Gasteiger partial charge in [-0.3, -0.25) is 0 Å². The molecule has 3 aromatic rings. The molecule has 0 saturated carbocycles. The van der Waals surface area contributed by atoms with Gasteiger partial charge in [0.25, 0.3) is 0 Å². The third-order valence-electron chi connectivity index (χ3n) is 4.82. The first-order valence-corrected chi connectivity index (χ1v) is 9.55. The van der Waals surface area contributed by atoms with Crippen molar-refractivity contribution in [3.8, 4) is 0 Å². The quantitative estimate of drug-likeness (QED) is 0.709. The topological polar surface area (TPSA) is 53.5 Å². The van der Waals surface area contributed by atoms with Gasteiger partial charge in [0.05, 0.1) is 24.6 Å². The van der Waals surface area contributed by atoms with Crippen molar-refractivity contribution < 1.29 is 4.74 Å². The number of benzene rings is 2. The van der Waals surface area contributed by atoms with E-state index in [1.54, 1.807) is 6.33 Å². The van der Waals surface area contributed by atoms with Crippen LogP contribution in [0.4, 0.5) is 23.0 Å². The van der Waals surface area contributed by atoms with E-state index in [9.17, 15) is 0 Å². The lowest BCUT2D eigenvalue weighted by Crippen LogP contribution is -2.36. The van der Waals surface area contributed by atoms with Crippen LogP contribution < -0.4 is 15.1 Å². The number of hydrogen-bond acceptors (Lipinski definition) is 6. The Hall–Kier alpha value is -3.12. The van der Waals surface area contributed by atoms with Gasteiger partial charge in [0.2, 0.25) is 0 Å². The minimum atomic E-state index is 0.760. The number of aromatic nitrogens is 2. The van der Waals surface area contributed by atoms with Crippen LogP contribution >= 0.6 is 0 Å². The second kappa shape index (κ2) is 8.71. The van der Waals surface area contributed by atoms with Crippen LogP contribution in [-0.2, 0) is 11.3 Å². The smallest absolute Gasteiger partial charge is 0.135 e. The van der Waals surface area contributed by atoms with E-state index < -0.39 is 0 Å². The summed E-state index contributed by atoms with van der Waals surface area (Å²) in [7, 11) is 2.04. The van der Waals surface area contributed by atoms with Crippen LogP contribution in [0.5, 0.6) is 0 Å². The van der Waals surface area contributed by atoms with Gasteiger partial charge in [0, 0.05) is 32.7 Å². The standard InChI is InChI=1S/C22H25N5O/c1-26(16-18-7-3-2-4-8-18)22-15-21(23-17-24-22)25-19-9-5-6-10-20(19)27-11-13-28-14-12-27/h2-10,15,17H,11-14,16H2,1H3,(H,23,24,25). The highest BCUT2D eigenvalue weighted by molar-refractivity contribution is 5.74. The van der Waals surface area contributed by atoms with Crippen molar-refractivity contribution in [3.63, 3.8) is 0 Å². The zero-order valence-electron chi connectivity index (χ0n) is 16.1. The minimum Gasteiger partial charge on any atom is -0.378 e. The van der Waals surface area contributed by atoms with Crippen molar-refractivity contribution in [2.75, 3.05) is 48.5 Å². The Morgan fingerprint density at radius 1 is 1.00 bits per heavy atom. The molecule has 0 unspecified atom stereocenters. The molecule has 28 heavy (non-hydrogen) atoms. The minimum absolute atomic E-state index is 0.760. The van der Waals surface area contributed by atoms with Crippen molar-refractivity contribution in [1.29, 1.82) is 0 Å². The van der Waals surface area contributed by atoms with Gasteiger partial charge in [-0.1, -0.05) is 42.5 Å². The highest BCUT2D eigenvalue weighted by Gasteiger charge is 2.15. The van der Waals surface area contributed by atoms with E-state index >= 15 is 0 Å². The van der Waals surface area contributed by atoms with Crippen molar-refractivity contribution in [1.82, 2.24) is 9.97 Å². The summed E-state index contributed by atoms with van der Waals surface area (Å²) in [6.07, 6.45) is 1.61. The molecular weight excluding hydrogens is 350 g/mol. The summed E-state index contributed by atoms with van der Waals surface area (Å²) in [5, 5.41) is 3.47. The van der Waals surface area contributed by atoms with Crippen molar-refractivity contribution in [2.24, 2.45) is 0 Å². The second-order valence-corrected chi connectivity index (χ2v) is 6.84. The molecule has 2 heterocycles. The highest BCUT2D eigenvalue weighted by atomic mass is 16.5. The molecule has 0 aliphatic carbocycles. The number of ether oxygens (including phenoxy) is 1. The average molecular weight is 375 g/mol. The summed E-state index contributed by atoms with van der Waals surface area (Å²) in [5.74, 6) is 1.66. The predicted molar refractivity (Wildman–Crippen MR) is 113 cm³/mol. The summed E-state index contributed by atoms with van der Waals surface area (Å²) in [4.78, 5) is 13.3. The molecule has 1 aromatic heterocycles. The summed E-state index contributed by atoms with van der Waals surface area (Å²) >= 11 is 0. The number of morpholine rings is 1. The van der Waals surface area contributed by atoms with Crippen LogP contribution in [0.2, 0.25) is 0 Å². The third kappa shape index (κ3) is 4.40. The Morgan fingerprint density at radius 2 is 1.75 bits per heavy atom. The number of para-hydroxylation sites is 2. The second-order valence-electron chi connectivity index (χ2n) is 6.84. The van der Waals surface area contributed by atoms with E-state index in [0.29, 0.717) is 0 Å². The fourth-order valence-electron chi connectivity index (χ4n) is 3.36. The van der Waals surface area contributed by atoms with Crippen LogP contribution in [0.1, 0.15) is 5.56 Å². The molecule has 0 radical (unpaired) electrons. The molecule has 0 atom stereocenters. The van der Waals surface area contributed by atoms with Crippen LogP contribution in [-0.4, -0.2) is 43.3 Å². The molecule has 1 fully saturated rings. The lowest BCUT2D eigenvalue weighted by Gasteiger charge is -2.30. The summed E-state index contributed by atoms with van der Waals surface area (Å²) in [5.41, 5.74) is 3.46. The van der Waals surface area contributed by atoms with Gasteiger partial charge in [0.1, 0.15) is 18.0 Å². The van der Waals surface area contributed by atoms with Gasteiger partial charge in [-0.2, -0.15) is 0 Å². The van der Waals surface area contributed by atoms with Gasteiger partial charge in [-0.25, -0.2) is 9.97 Å². The Labute approximate surface area is 165 Å². The molecule has 6 heteroatoms. The number of hydrogen-bond donors (Lipinski definition) is 1. The number of anilines is 4. The molecule has 144 valence electrons. The van der Waals surface area contributed by atoms with Crippen molar-refractivity contribution in [2.45, 2.75) is 6.54 Å². The van der Waals surface area contributed by atoms with E-state index in [2.05, 4.69) is 67.5 Å². The van der Waals surface area contributed by atoms with Crippen LogP contribution in [0, 0.1) is 0 Å². The molecule has 4 rings (SSSR count). The molecule has 2 aromatic carbocycles. The highest BCUT2D eigenvalue weighted by Crippen LogP contribution is 2.29. The Morgan fingerprint density at radius 3 is 2.57 bits per heavy atom. The monoisotopic (exact) mass is 375 g/mol. The third-order valence-corrected chi connectivity index (χ3v) is 4.82. The lowest BCUT2D eigenvalue weighted by atomic mass is 10.2. The van der Waals surface area contributed by atoms with Crippen molar-refractivity contribution in [3.05, 3.63) is 72.6 Å².